The Hall–Kier alpha value is -2.28. The molecule has 0 fully saturated rings. The van der Waals surface area contributed by atoms with Gasteiger partial charge in [0, 0.05) is 12.1 Å². The number of benzene rings is 2. The fourth-order valence-electron chi connectivity index (χ4n) is 1.72. The minimum Gasteiger partial charge on any atom is -0.487 e. The highest BCUT2D eigenvalue weighted by atomic mass is 35.5. The van der Waals surface area contributed by atoms with Gasteiger partial charge >= 0.3 is 6.18 Å². The minimum atomic E-state index is -4.48. The van der Waals surface area contributed by atoms with Gasteiger partial charge < -0.3 is 4.74 Å². The summed E-state index contributed by atoms with van der Waals surface area (Å²) in [6.45, 7) is -0.0488. The average Bonchev–Trinajstić information content (AvgIpc) is 2.45. The van der Waals surface area contributed by atoms with Crippen molar-refractivity contribution in [3.63, 3.8) is 0 Å². The molecule has 0 amide bonds. The second-order valence-electron chi connectivity index (χ2n) is 4.36. The zero-order valence-corrected chi connectivity index (χ0v) is 11.7. The maximum absolute atomic E-state index is 12.5. The van der Waals surface area contributed by atoms with E-state index in [2.05, 4.69) is 0 Å². The van der Waals surface area contributed by atoms with Crippen LogP contribution in [0.2, 0.25) is 5.02 Å². The molecule has 8 heteroatoms. The van der Waals surface area contributed by atoms with E-state index in [0.717, 1.165) is 18.2 Å². The Morgan fingerprint density at radius 1 is 1.18 bits per heavy atom. The van der Waals surface area contributed by atoms with E-state index in [-0.39, 0.29) is 23.1 Å². The van der Waals surface area contributed by atoms with Crippen LogP contribution in [0.25, 0.3) is 0 Å². The molecule has 0 aliphatic heterocycles. The second kappa shape index (κ2) is 6.23. The Balaban J connectivity index is 2.12. The van der Waals surface area contributed by atoms with Gasteiger partial charge in [-0.15, -0.1) is 0 Å². The number of non-ortho nitro benzene ring substituents is 1. The van der Waals surface area contributed by atoms with Gasteiger partial charge in [-0.1, -0.05) is 23.7 Å². The summed E-state index contributed by atoms with van der Waals surface area (Å²) in [5.74, 6) is 0.0705. The zero-order valence-electron chi connectivity index (χ0n) is 10.9. The summed E-state index contributed by atoms with van der Waals surface area (Å²) in [5.41, 5.74) is -0.468. The van der Waals surface area contributed by atoms with Crippen LogP contribution in [-0.2, 0) is 12.8 Å². The minimum absolute atomic E-state index is 0.0488. The quantitative estimate of drug-likeness (QED) is 0.594. The first-order chi connectivity index (χ1) is 10.3. The van der Waals surface area contributed by atoms with Gasteiger partial charge in [-0.3, -0.25) is 10.1 Å². The molecule has 0 unspecified atom stereocenters. The van der Waals surface area contributed by atoms with Gasteiger partial charge in [0.05, 0.1) is 15.5 Å². The molecule has 0 bridgehead atoms. The summed E-state index contributed by atoms with van der Waals surface area (Å²) in [5, 5.41) is 10.5. The Kier molecular flexibility index (Phi) is 4.56. The molecule has 22 heavy (non-hydrogen) atoms. The first-order valence-corrected chi connectivity index (χ1v) is 6.38. The molecule has 0 atom stereocenters. The molecule has 0 radical (unpaired) electrons. The first-order valence-electron chi connectivity index (χ1n) is 6.00. The van der Waals surface area contributed by atoms with E-state index in [1.165, 1.54) is 18.2 Å². The SMILES string of the molecule is O=[N+]([O-])c1cccc(COc2ccc(C(F)(F)F)cc2Cl)c1. The van der Waals surface area contributed by atoms with Crippen LogP contribution in [0, 0.1) is 10.1 Å². The smallest absolute Gasteiger partial charge is 0.416 e. The van der Waals surface area contributed by atoms with Crippen LogP contribution in [0.1, 0.15) is 11.1 Å². The zero-order chi connectivity index (χ0) is 16.3. The van der Waals surface area contributed by atoms with Crippen LogP contribution in [0.4, 0.5) is 18.9 Å². The predicted octanol–water partition coefficient (Wildman–Crippen LogP) is 4.85. The number of alkyl halides is 3. The molecule has 0 spiro atoms. The molecule has 116 valence electrons. The van der Waals surface area contributed by atoms with Gasteiger partial charge in [-0.25, -0.2) is 0 Å². The van der Waals surface area contributed by atoms with Crippen molar-refractivity contribution in [2.75, 3.05) is 0 Å². The van der Waals surface area contributed by atoms with E-state index in [1.807, 2.05) is 0 Å². The number of nitrogens with zero attached hydrogens (tertiary/aromatic N) is 1. The largest absolute Gasteiger partial charge is 0.487 e. The number of nitro benzene ring substituents is 1. The Labute approximate surface area is 128 Å². The van der Waals surface area contributed by atoms with E-state index in [0.29, 0.717) is 5.56 Å². The third-order valence-corrected chi connectivity index (χ3v) is 3.07. The highest BCUT2D eigenvalue weighted by Crippen LogP contribution is 2.35. The van der Waals surface area contributed by atoms with Crippen LogP contribution in [-0.4, -0.2) is 4.92 Å². The van der Waals surface area contributed by atoms with Crippen LogP contribution in [0.15, 0.2) is 42.5 Å². The van der Waals surface area contributed by atoms with Gasteiger partial charge in [0.2, 0.25) is 0 Å². The molecule has 0 saturated carbocycles. The molecule has 0 N–H and O–H groups in total. The summed E-state index contributed by atoms with van der Waals surface area (Å²) >= 11 is 5.75. The standard InChI is InChI=1S/C14H9ClF3NO3/c15-12-7-10(14(16,17)18)4-5-13(12)22-8-9-2-1-3-11(6-9)19(20)21/h1-7H,8H2. The van der Waals surface area contributed by atoms with Crippen molar-refractivity contribution in [2.24, 2.45) is 0 Å². The summed E-state index contributed by atoms with van der Waals surface area (Å²) in [6.07, 6.45) is -4.48. The van der Waals surface area contributed by atoms with Crippen LogP contribution >= 0.6 is 11.6 Å². The van der Waals surface area contributed by atoms with Crippen molar-refractivity contribution in [3.05, 3.63) is 68.7 Å². The Bertz CT molecular complexity index is 704. The van der Waals surface area contributed by atoms with Crippen LogP contribution in [0.5, 0.6) is 5.75 Å². The first kappa shape index (κ1) is 16.1. The number of hydrogen-bond donors (Lipinski definition) is 0. The van der Waals surface area contributed by atoms with Gasteiger partial charge in [-0.05, 0) is 23.8 Å². The molecule has 0 aliphatic carbocycles. The number of nitro groups is 1. The number of rotatable bonds is 4. The summed E-state index contributed by atoms with van der Waals surface area (Å²) in [4.78, 5) is 10.1. The maximum Gasteiger partial charge on any atom is 0.416 e. The van der Waals surface area contributed by atoms with Crippen molar-refractivity contribution in [1.29, 1.82) is 0 Å². The lowest BCUT2D eigenvalue weighted by Crippen LogP contribution is -2.05. The third-order valence-electron chi connectivity index (χ3n) is 2.77. The molecule has 2 aromatic carbocycles. The van der Waals surface area contributed by atoms with Crippen LogP contribution in [0.3, 0.4) is 0 Å². The van der Waals surface area contributed by atoms with Crippen molar-refractivity contribution in [3.8, 4) is 5.75 Å². The molecule has 0 aliphatic rings. The van der Waals surface area contributed by atoms with E-state index in [9.17, 15) is 23.3 Å². The molecule has 0 saturated heterocycles. The number of ether oxygens (including phenoxy) is 1. The third kappa shape index (κ3) is 3.88. The summed E-state index contributed by atoms with van der Waals surface area (Å²) in [7, 11) is 0. The Morgan fingerprint density at radius 3 is 2.50 bits per heavy atom. The lowest BCUT2D eigenvalue weighted by atomic mass is 10.2. The fraction of sp³-hybridized carbons (Fsp3) is 0.143. The van der Waals surface area contributed by atoms with Gasteiger partial charge in [0.15, 0.2) is 0 Å². The van der Waals surface area contributed by atoms with E-state index < -0.39 is 16.7 Å². The normalized spacial score (nSPS) is 11.3. The van der Waals surface area contributed by atoms with Gasteiger partial charge in [0.1, 0.15) is 12.4 Å². The van der Waals surface area contributed by atoms with E-state index in [4.69, 9.17) is 16.3 Å². The molecular formula is C14H9ClF3NO3. The van der Waals surface area contributed by atoms with Crippen molar-refractivity contribution in [2.45, 2.75) is 12.8 Å². The average molecular weight is 332 g/mol. The topological polar surface area (TPSA) is 52.4 Å². The molecule has 2 rings (SSSR count). The van der Waals surface area contributed by atoms with Gasteiger partial charge in [-0.2, -0.15) is 13.2 Å². The second-order valence-corrected chi connectivity index (χ2v) is 4.77. The lowest BCUT2D eigenvalue weighted by molar-refractivity contribution is -0.384. The lowest BCUT2D eigenvalue weighted by Gasteiger charge is -2.11. The van der Waals surface area contributed by atoms with Crippen molar-refractivity contribution >= 4 is 17.3 Å². The molecule has 0 heterocycles. The Morgan fingerprint density at radius 2 is 1.91 bits per heavy atom. The monoisotopic (exact) mass is 331 g/mol. The highest BCUT2D eigenvalue weighted by Gasteiger charge is 2.31. The maximum atomic E-state index is 12.5. The van der Waals surface area contributed by atoms with E-state index in [1.54, 1.807) is 6.07 Å². The summed E-state index contributed by atoms with van der Waals surface area (Å²) < 4.78 is 42.8. The predicted molar refractivity (Wildman–Crippen MR) is 73.9 cm³/mol. The van der Waals surface area contributed by atoms with E-state index >= 15 is 0 Å². The van der Waals surface area contributed by atoms with Crippen molar-refractivity contribution in [1.82, 2.24) is 0 Å². The van der Waals surface area contributed by atoms with Gasteiger partial charge in [0.25, 0.3) is 5.69 Å². The fourth-order valence-corrected chi connectivity index (χ4v) is 1.95. The highest BCUT2D eigenvalue weighted by molar-refractivity contribution is 6.32. The molecular weight excluding hydrogens is 323 g/mol. The number of hydrogen-bond acceptors (Lipinski definition) is 3. The van der Waals surface area contributed by atoms with Crippen LogP contribution < -0.4 is 4.74 Å². The van der Waals surface area contributed by atoms with Crippen molar-refractivity contribution < 1.29 is 22.8 Å². The summed E-state index contributed by atoms with van der Waals surface area (Å²) in [6, 6.07) is 8.48. The molecule has 4 nitrogen and oxygen atoms in total. The molecule has 2 aromatic rings. The molecule has 0 aromatic heterocycles. The number of halogens is 4.